The molecule has 1 saturated heterocycles. The number of aliphatic carboxylic acids is 1. The van der Waals surface area contributed by atoms with E-state index in [2.05, 4.69) is 21.4 Å². The summed E-state index contributed by atoms with van der Waals surface area (Å²) < 4.78 is 2.15. The van der Waals surface area contributed by atoms with Gasteiger partial charge >= 0.3 is 5.97 Å². The largest absolute Gasteiger partial charge is 0.481 e. The minimum Gasteiger partial charge on any atom is -0.481 e. The van der Waals surface area contributed by atoms with Crippen molar-refractivity contribution in [2.75, 3.05) is 13.1 Å². The SMILES string of the molecule is CCCn1cncc1CN1CCC(C)(C(=O)O)C1. The molecule has 0 amide bonds. The Kier molecular flexibility index (Phi) is 3.71. The van der Waals surface area contributed by atoms with Gasteiger partial charge in [-0.3, -0.25) is 9.69 Å². The molecule has 18 heavy (non-hydrogen) atoms. The number of carboxylic acids is 1. The summed E-state index contributed by atoms with van der Waals surface area (Å²) in [5.74, 6) is -0.688. The molecule has 1 unspecified atom stereocenters. The van der Waals surface area contributed by atoms with Gasteiger partial charge in [0.15, 0.2) is 0 Å². The Bertz CT molecular complexity index is 430. The smallest absolute Gasteiger partial charge is 0.310 e. The molecular formula is C13H21N3O2. The molecule has 0 radical (unpaired) electrons. The monoisotopic (exact) mass is 251 g/mol. The molecular weight excluding hydrogens is 230 g/mol. The lowest BCUT2D eigenvalue weighted by molar-refractivity contribution is -0.147. The van der Waals surface area contributed by atoms with Crippen molar-refractivity contribution in [1.82, 2.24) is 14.5 Å². The predicted molar refractivity (Wildman–Crippen MR) is 68.2 cm³/mol. The normalized spacial score (nSPS) is 24.6. The molecule has 0 spiro atoms. The Morgan fingerprint density at radius 1 is 1.61 bits per heavy atom. The second-order valence-electron chi connectivity index (χ2n) is 5.40. The fourth-order valence-corrected chi connectivity index (χ4v) is 2.52. The number of likely N-dealkylation sites (tertiary alicyclic amines) is 1. The van der Waals surface area contributed by atoms with E-state index in [1.54, 1.807) is 0 Å². The van der Waals surface area contributed by atoms with Crippen molar-refractivity contribution in [3.05, 3.63) is 18.2 Å². The quantitative estimate of drug-likeness (QED) is 0.863. The van der Waals surface area contributed by atoms with Gasteiger partial charge < -0.3 is 9.67 Å². The van der Waals surface area contributed by atoms with Crippen LogP contribution in [-0.4, -0.2) is 38.6 Å². The maximum absolute atomic E-state index is 11.2. The Morgan fingerprint density at radius 2 is 2.39 bits per heavy atom. The van der Waals surface area contributed by atoms with Crippen molar-refractivity contribution < 1.29 is 9.90 Å². The lowest BCUT2D eigenvalue weighted by Gasteiger charge is -2.20. The van der Waals surface area contributed by atoms with E-state index >= 15 is 0 Å². The molecule has 0 aliphatic carbocycles. The van der Waals surface area contributed by atoms with Crippen molar-refractivity contribution in [2.45, 2.75) is 39.8 Å². The van der Waals surface area contributed by atoms with Crippen LogP contribution in [0.2, 0.25) is 0 Å². The number of carbonyl (C=O) groups is 1. The van der Waals surface area contributed by atoms with Gasteiger partial charge in [-0.05, 0) is 26.3 Å². The molecule has 2 rings (SSSR count). The summed E-state index contributed by atoms with van der Waals surface area (Å²) in [5.41, 5.74) is 0.585. The lowest BCUT2D eigenvalue weighted by Crippen LogP contribution is -2.31. The summed E-state index contributed by atoms with van der Waals surface area (Å²) >= 11 is 0. The number of imidazole rings is 1. The molecule has 2 heterocycles. The van der Waals surface area contributed by atoms with E-state index in [0.717, 1.165) is 32.5 Å². The zero-order valence-electron chi connectivity index (χ0n) is 11.1. The van der Waals surface area contributed by atoms with Crippen LogP contribution in [-0.2, 0) is 17.9 Å². The molecule has 1 atom stereocenters. The second kappa shape index (κ2) is 5.10. The highest BCUT2D eigenvalue weighted by atomic mass is 16.4. The first-order valence-electron chi connectivity index (χ1n) is 6.50. The van der Waals surface area contributed by atoms with Crippen molar-refractivity contribution >= 4 is 5.97 Å². The van der Waals surface area contributed by atoms with Crippen LogP contribution >= 0.6 is 0 Å². The molecule has 0 saturated carbocycles. The molecule has 1 fully saturated rings. The van der Waals surface area contributed by atoms with Crippen LogP contribution in [0.25, 0.3) is 0 Å². The third-order valence-electron chi connectivity index (χ3n) is 3.72. The summed E-state index contributed by atoms with van der Waals surface area (Å²) in [7, 11) is 0. The van der Waals surface area contributed by atoms with Crippen LogP contribution in [0.1, 0.15) is 32.4 Å². The number of carboxylic acid groups (broad SMARTS) is 1. The van der Waals surface area contributed by atoms with Crippen LogP contribution in [0.3, 0.4) is 0 Å². The molecule has 0 bridgehead atoms. The van der Waals surface area contributed by atoms with Crippen LogP contribution in [0, 0.1) is 5.41 Å². The number of nitrogens with zero attached hydrogens (tertiary/aromatic N) is 3. The summed E-state index contributed by atoms with van der Waals surface area (Å²) in [6, 6.07) is 0. The van der Waals surface area contributed by atoms with Gasteiger partial charge in [-0.25, -0.2) is 4.98 Å². The summed E-state index contributed by atoms with van der Waals surface area (Å²) in [4.78, 5) is 17.6. The van der Waals surface area contributed by atoms with Crippen molar-refractivity contribution in [3.8, 4) is 0 Å². The van der Waals surface area contributed by atoms with Gasteiger partial charge in [-0.15, -0.1) is 0 Å². The van der Waals surface area contributed by atoms with Crippen molar-refractivity contribution in [3.63, 3.8) is 0 Å². The Hall–Kier alpha value is -1.36. The lowest BCUT2D eigenvalue weighted by atomic mass is 9.90. The van der Waals surface area contributed by atoms with Gasteiger partial charge in [0.2, 0.25) is 0 Å². The molecule has 1 aliphatic rings. The minimum atomic E-state index is -0.688. The number of aryl methyl sites for hydroxylation is 1. The maximum atomic E-state index is 11.2. The van der Waals surface area contributed by atoms with Crippen molar-refractivity contribution in [1.29, 1.82) is 0 Å². The van der Waals surface area contributed by atoms with E-state index in [1.807, 2.05) is 19.4 Å². The van der Waals surface area contributed by atoms with Gasteiger partial charge in [0.05, 0.1) is 17.4 Å². The fourth-order valence-electron chi connectivity index (χ4n) is 2.52. The molecule has 1 aliphatic heterocycles. The highest BCUT2D eigenvalue weighted by molar-refractivity contribution is 5.74. The zero-order valence-corrected chi connectivity index (χ0v) is 11.1. The average Bonchev–Trinajstić information content (AvgIpc) is 2.89. The Labute approximate surface area is 107 Å². The first-order chi connectivity index (χ1) is 8.55. The molecule has 1 N–H and O–H groups in total. The molecule has 5 heteroatoms. The predicted octanol–water partition coefficient (Wildman–Crippen LogP) is 1.59. The van der Waals surface area contributed by atoms with Gasteiger partial charge in [0.25, 0.3) is 0 Å². The first-order valence-corrected chi connectivity index (χ1v) is 6.50. The molecule has 0 aromatic carbocycles. The number of rotatable bonds is 5. The fraction of sp³-hybridized carbons (Fsp3) is 0.692. The molecule has 100 valence electrons. The van der Waals surface area contributed by atoms with E-state index in [9.17, 15) is 9.90 Å². The van der Waals surface area contributed by atoms with Gasteiger partial charge in [-0.2, -0.15) is 0 Å². The zero-order chi connectivity index (χ0) is 13.2. The number of aromatic nitrogens is 2. The van der Waals surface area contributed by atoms with E-state index in [1.165, 1.54) is 5.69 Å². The third-order valence-corrected chi connectivity index (χ3v) is 3.72. The minimum absolute atomic E-state index is 0.588. The van der Waals surface area contributed by atoms with Gasteiger partial charge in [0, 0.05) is 25.8 Å². The van der Waals surface area contributed by atoms with Gasteiger partial charge in [0.1, 0.15) is 0 Å². The molecule has 1 aromatic rings. The van der Waals surface area contributed by atoms with E-state index in [4.69, 9.17) is 0 Å². The Morgan fingerprint density at radius 3 is 3.00 bits per heavy atom. The third kappa shape index (κ3) is 2.56. The van der Waals surface area contributed by atoms with Crippen LogP contribution in [0.15, 0.2) is 12.5 Å². The van der Waals surface area contributed by atoms with Crippen LogP contribution in [0.4, 0.5) is 0 Å². The topological polar surface area (TPSA) is 58.4 Å². The average molecular weight is 251 g/mol. The van der Waals surface area contributed by atoms with Crippen molar-refractivity contribution in [2.24, 2.45) is 5.41 Å². The van der Waals surface area contributed by atoms with E-state index < -0.39 is 11.4 Å². The first kappa shape index (κ1) is 13.1. The van der Waals surface area contributed by atoms with Crippen LogP contribution < -0.4 is 0 Å². The maximum Gasteiger partial charge on any atom is 0.310 e. The second-order valence-corrected chi connectivity index (χ2v) is 5.40. The van der Waals surface area contributed by atoms with Crippen LogP contribution in [0.5, 0.6) is 0 Å². The highest BCUT2D eigenvalue weighted by Gasteiger charge is 2.40. The molecule has 1 aromatic heterocycles. The summed E-state index contributed by atoms with van der Waals surface area (Å²) in [6.07, 6.45) is 5.54. The van der Waals surface area contributed by atoms with Gasteiger partial charge in [-0.1, -0.05) is 6.92 Å². The Balaban J connectivity index is 1.99. The van der Waals surface area contributed by atoms with E-state index in [0.29, 0.717) is 6.54 Å². The summed E-state index contributed by atoms with van der Waals surface area (Å²) in [5, 5.41) is 9.21. The van der Waals surface area contributed by atoms with E-state index in [-0.39, 0.29) is 0 Å². The summed E-state index contributed by atoms with van der Waals surface area (Å²) in [6.45, 7) is 7.21. The highest BCUT2D eigenvalue weighted by Crippen LogP contribution is 2.30. The standard InChI is InChI=1S/C13H21N3O2/c1-3-5-16-10-14-7-11(16)8-15-6-4-13(2,9-15)12(17)18/h7,10H,3-6,8-9H2,1-2H3,(H,17,18). The number of hydrogen-bond donors (Lipinski definition) is 1. The number of hydrogen-bond acceptors (Lipinski definition) is 3. The molecule has 5 nitrogen and oxygen atoms in total.